The SMILES string of the molecule is CC(NCC(=O)Nc1ccc(Br)cc1)C1CCCC1. The highest BCUT2D eigenvalue weighted by atomic mass is 79.9. The molecule has 19 heavy (non-hydrogen) atoms. The van der Waals surface area contributed by atoms with E-state index in [4.69, 9.17) is 0 Å². The molecule has 0 saturated heterocycles. The van der Waals surface area contributed by atoms with Crippen molar-refractivity contribution in [3.8, 4) is 0 Å². The zero-order valence-corrected chi connectivity index (χ0v) is 12.9. The molecule has 1 aromatic rings. The number of benzene rings is 1. The fraction of sp³-hybridized carbons (Fsp3) is 0.533. The van der Waals surface area contributed by atoms with Gasteiger partial charge in [-0.05, 0) is 49.9 Å². The van der Waals surface area contributed by atoms with Crippen molar-refractivity contribution in [3.63, 3.8) is 0 Å². The van der Waals surface area contributed by atoms with Gasteiger partial charge in [0.15, 0.2) is 0 Å². The van der Waals surface area contributed by atoms with Gasteiger partial charge in [-0.15, -0.1) is 0 Å². The molecule has 1 aliphatic carbocycles. The Kier molecular flexibility index (Phi) is 5.40. The van der Waals surface area contributed by atoms with Crippen LogP contribution >= 0.6 is 15.9 Å². The monoisotopic (exact) mass is 324 g/mol. The maximum atomic E-state index is 11.8. The Labute approximate surface area is 123 Å². The minimum atomic E-state index is 0.0205. The fourth-order valence-electron chi connectivity index (χ4n) is 2.62. The van der Waals surface area contributed by atoms with E-state index in [2.05, 4.69) is 33.5 Å². The van der Waals surface area contributed by atoms with Crippen LogP contribution in [0.25, 0.3) is 0 Å². The van der Waals surface area contributed by atoms with Crippen LogP contribution in [0.4, 0.5) is 5.69 Å². The van der Waals surface area contributed by atoms with E-state index in [1.54, 1.807) is 0 Å². The first kappa shape index (κ1) is 14.5. The Hall–Kier alpha value is -0.870. The molecule has 104 valence electrons. The van der Waals surface area contributed by atoms with Crippen molar-refractivity contribution in [2.45, 2.75) is 38.6 Å². The Morgan fingerprint density at radius 1 is 1.32 bits per heavy atom. The summed E-state index contributed by atoms with van der Waals surface area (Å²) in [4.78, 5) is 11.8. The van der Waals surface area contributed by atoms with E-state index in [9.17, 15) is 4.79 Å². The number of halogens is 1. The minimum absolute atomic E-state index is 0.0205. The maximum Gasteiger partial charge on any atom is 0.238 e. The van der Waals surface area contributed by atoms with Gasteiger partial charge in [0.2, 0.25) is 5.91 Å². The average Bonchev–Trinajstić information content (AvgIpc) is 2.93. The van der Waals surface area contributed by atoms with Crippen molar-refractivity contribution < 1.29 is 4.79 Å². The van der Waals surface area contributed by atoms with E-state index in [1.807, 2.05) is 24.3 Å². The van der Waals surface area contributed by atoms with Gasteiger partial charge in [-0.1, -0.05) is 28.8 Å². The zero-order chi connectivity index (χ0) is 13.7. The van der Waals surface area contributed by atoms with Gasteiger partial charge >= 0.3 is 0 Å². The van der Waals surface area contributed by atoms with Gasteiger partial charge in [0.1, 0.15) is 0 Å². The summed E-state index contributed by atoms with van der Waals surface area (Å²) in [5, 5.41) is 6.23. The highest BCUT2D eigenvalue weighted by molar-refractivity contribution is 9.10. The highest BCUT2D eigenvalue weighted by Crippen LogP contribution is 2.27. The average molecular weight is 325 g/mol. The zero-order valence-electron chi connectivity index (χ0n) is 11.3. The first-order valence-corrected chi connectivity index (χ1v) is 7.73. The van der Waals surface area contributed by atoms with Crippen LogP contribution in [0.2, 0.25) is 0 Å². The number of anilines is 1. The molecule has 0 radical (unpaired) electrons. The lowest BCUT2D eigenvalue weighted by molar-refractivity contribution is -0.115. The number of hydrogen-bond acceptors (Lipinski definition) is 2. The lowest BCUT2D eigenvalue weighted by Gasteiger charge is -2.20. The second-order valence-electron chi connectivity index (χ2n) is 5.27. The molecule has 1 aliphatic rings. The van der Waals surface area contributed by atoms with Crippen molar-refractivity contribution >= 4 is 27.5 Å². The molecule has 4 heteroatoms. The summed E-state index contributed by atoms with van der Waals surface area (Å²) in [6.07, 6.45) is 5.26. The van der Waals surface area contributed by atoms with Gasteiger partial charge in [0.05, 0.1) is 6.54 Å². The molecule has 0 bridgehead atoms. The largest absolute Gasteiger partial charge is 0.325 e. The topological polar surface area (TPSA) is 41.1 Å². The molecule has 0 aromatic heterocycles. The molecule has 1 fully saturated rings. The number of nitrogens with one attached hydrogen (secondary N) is 2. The minimum Gasteiger partial charge on any atom is -0.325 e. The Balaban J connectivity index is 1.73. The predicted octanol–water partition coefficient (Wildman–Crippen LogP) is 3.56. The summed E-state index contributed by atoms with van der Waals surface area (Å²) in [7, 11) is 0. The second-order valence-corrected chi connectivity index (χ2v) is 6.18. The maximum absolute atomic E-state index is 11.8. The summed E-state index contributed by atoms with van der Waals surface area (Å²) >= 11 is 3.37. The number of carbonyl (C=O) groups is 1. The number of rotatable bonds is 5. The molecule has 3 nitrogen and oxygen atoms in total. The van der Waals surface area contributed by atoms with Crippen LogP contribution in [0.5, 0.6) is 0 Å². The van der Waals surface area contributed by atoms with Gasteiger partial charge in [-0.2, -0.15) is 0 Å². The van der Waals surface area contributed by atoms with E-state index in [-0.39, 0.29) is 5.91 Å². The Morgan fingerprint density at radius 3 is 2.58 bits per heavy atom. The lowest BCUT2D eigenvalue weighted by atomic mass is 10.00. The third-order valence-corrected chi connectivity index (χ3v) is 4.35. The van der Waals surface area contributed by atoms with Gasteiger partial charge < -0.3 is 10.6 Å². The Morgan fingerprint density at radius 2 is 1.95 bits per heavy atom. The number of hydrogen-bond donors (Lipinski definition) is 2. The highest BCUT2D eigenvalue weighted by Gasteiger charge is 2.21. The van der Waals surface area contributed by atoms with Gasteiger partial charge in [0, 0.05) is 16.2 Å². The third-order valence-electron chi connectivity index (χ3n) is 3.82. The van der Waals surface area contributed by atoms with Crippen LogP contribution in [0.15, 0.2) is 28.7 Å². The molecule has 2 N–H and O–H groups in total. The summed E-state index contributed by atoms with van der Waals surface area (Å²) < 4.78 is 1.01. The van der Waals surface area contributed by atoms with Crippen LogP contribution in [-0.4, -0.2) is 18.5 Å². The van der Waals surface area contributed by atoms with E-state index < -0.39 is 0 Å². The molecule has 1 unspecified atom stereocenters. The van der Waals surface area contributed by atoms with Crippen LogP contribution in [0.3, 0.4) is 0 Å². The third kappa shape index (κ3) is 4.62. The van der Waals surface area contributed by atoms with Crippen molar-refractivity contribution in [1.29, 1.82) is 0 Å². The van der Waals surface area contributed by atoms with Crippen LogP contribution in [-0.2, 0) is 4.79 Å². The smallest absolute Gasteiger partial charge is 0.238 e. The van der Waals surface area contributed by atoms with Gasteiger partial charge in [0.25, 0.3) is 0 Å². The molecule has 0 aliphatic heterocycles. The molecule has 2 rings (SSSR count). The lowest BCUT2D eigenvalue weighted by Crippen LogP contribution is -2.38. The van der Waals surface area contributed by atoms with Crippen molar-refractivity contribution in [3.05, 3.63) is 28.7 Å². The van der Waals surface area contributed by atoms with Crippen molar-refractivity contribution in [2.24, 2.45) is 5.92 Å². The fourth-order valence-corrected chi connectivity index (χ4v) is 2.88. The predicted molar refractivity (Wildman–Crippen MR) is 82.2 cm³/mol. The van der Waals surface area contributed by atoms with E-state index in [0.29, 0.717) is 12.6 Å². The summed E-state index contributed by atoms with van der Waals surface area (Å²) in [5.41, 5.74) is 0.837. The quantitative estimate of drug-likeness (QED) is 0.869. The normalized spacial score (nSPS) is 17.4. The number of carbonyl (C=O) groups excluding carboxylic acids is 1. The summed E-state index contributed by atoms with van der Waals surface area (Å²) in [6.45, 7) is 2.57. The molecule has 1 saturated carbocycles. The van der Waals surface area contributed by atoms with E-state index in [1.165, 1.54) is 25.7 Å². The molecule has 1 atom stereocenters. The van der Waals surface area contributed by atoms with Gasteiger partial charge in [-0.3, -0.25) is 4.79 Å². The van der Waals surface area contributed by atoms with Crippen molar-refractivity contribution in [1.82, 2.24) is 5.32 Å². The first-order valence-electron chi connectivity index (χ1n) is 6.94. The molecule has 1 amide bonds. The van der Waals surface area contributed by atoms with Crippen molar-refractivity contribution in [2.75, 3.05) is 11.9 Å². The van der Waals surface area contributed by atoms with Crippen LogP contribution < -0.4 is 10.6 Å². The van der Waals surface area contributed by atoms with Crippen LogP contribution in [0, 0.1) is 5.92 Å². The van der Waals surface area contributed by atoms with E-state index >= 15 is 0 Å². The molecular weight excluding hydrogens is 304 g/mol. The van der Waals surface area contributed by atoms with E-state index in [0.717, 1.165) is 16.1 Å². The Bertz CT molecular complexity index is 413. The second kappa shape index (κ2) is 7.06. The molecule has 0 heterocycles. The molecule has 0 spiro atoms. The van der Waals surface area contributed by atoms with Crippen LogP contribution in [0.1, 0.15) is 32.6 Å². The first-order chi connectivity index (χ1) is 9.15. The summed E-state index contributed by atoms with van der Waals surface area (Å²) in [5.74, 6) is 0.757. The number of amides is 1. The molecular formula is C15H21BrN2O. The summed E-state index contributed by atoms with van der Waals surface area (Å²) in [6, 6.07) is 8.05. The standard InChI is InChI=1S/C15H21BrN2O/c1-11(12-4-2-3-5-12)17-10-15(19)18-14-8-6-13(16)7-9-14/h6-9,11-12,17H,2-5,10H2,1H3,(H,18,19). The molecule has 1 aromatic carbocycles. The van der Waals surface area contributed by atoms with Gasteiger partial charge in [-0.25, -0.2) is 0 Å².